The first-order valence-electron chi connectivity index (χ1n) is 11.5. The van der Waals surface area contributed by atoms with Crippen molar-refractivity contribution in [2.75, 3.05) is 20.2 Å². The summed E-state index contributed by atoms with van der Waals surface area (Å²) in [6.07, 6.45) is -4.79. The van der Waals surface area contributed by atoms with Gasteiger partial charge in [0.1, 0.15) is 18.2 Å². The molecule has 202 valence electrons. The Balaban J connectivity index is 1.80. The second-order valence-corrected chi connectivity index (χ2v) is 8.15. The molecule has 0 aromatic heterocycles. The SMILES string of the molecule is COc1cc(CN(CCCN)C(=O)c2ccccc2OC(=O)C(F)(F)F)ccc1OCc1ccc(F)cc1. The molecule has 0 aliphatic carbocycles. The van der Waals surface area contributed by atoms with Crippen molar-refractivity contribution in [2.45, 2.75) is 25.7 Å². The molecule has 1 amide bonds. The number of alkyl halides is 3. The smallest absolute Gasteiger partial charge is 0.491 e. The van der Waals surface area contributed by atoms with Gasteiger partial charge in [-0.3, -0.25) is 4.79 Å². The molecule has 0 spiro atoms. The number of hydrogen-bond acceptors (Lipinski definition) is 6. The number of para-hydroxylation sites is 1. The van der Waals surface area contributed by atoms with Crippen molar-refractivity contribution in [3.05, 3.63) is 89.2 Å². The van der Waals surface area contributed by atoms with Crippen LogP contribution in [0.15, 0.2) is 66.7 Å². The molecule has 0 heterocycles. The minimum absolute atomic E-state index is 0.0645. The van der Waals surface area contributed by atoms with E-state index in [0.717, 1.165) is 11.6 Å². The number of rotatable bonds is 11. The molecule has 0 aliphatic rings. The van der Waals surface area contributed by atoms with E-state index in [0.29, 0.717) is 23.5 Å². The number of esters is 1. The lowest BCUT2D eigenvalue weighted by atomic mass is 10.1. The maximum Gasteiger partial charge on any atom is 0.491 e. The predicted molar refractivity (Wildman–Crippen MR) is 130 cm³/mol. The first-order valence-corrected chi connectivity index (χ1v) is 11.5. The van der Waals surface area contributed by atoms with Crippen molar-refractivity contribution in [3.8, 4) is 17.2 Å². The Morgan fingerprint density at radius 3 is 2.26 bits per heavy atom. The van der Waals surface area contributed by atoms with Crippen LogP contribution in [0.3, 0.4) is 0 Å². The average Bonchev–Trinajstić information content (AvgIpc) is 2.90. The van der Waals surface area contributed by atoms with E-state index >= 15 is 0 Å². The van der Waals surface area contributed by atoms with Crippen molar-refractivity contribution in [2.24, 2.45) is 5.73 Å². The van der Waals surface area contributed by atoms with Crippen LogP contribution in [0.2, 0.25) is 0 Å². The number of methoxy groups -OCH3 is 1. The van der Waals surface area contributed by atoms with E-state index in [1.54, 1.807) is 30.3 Å². The Morgan fingerprint density at radius 1 is 0.921 bits per heavy atom. The number of benzene rings is 3. The van der Waals surface area contributed by atoms with Crippen molar-refractivity contribution in [1.82, 2.24) is 4.90 Å². The molecule has 0 radical (unpaired) electrons. The number of carbonyl (C=O) groups excluding carboxylic acids is 2. The molecule has 0 saturated carbocycles. The minimum Gasteiger partial charge on any atom is -0.493 e. The van der Waals surface area contributed by atoms with Crippen LogP contribution >= 0.6 is 0 Å². The van der Waals surface area contributed by atoms with E-state index in [9.17, 15) is 27.2 Å². The molecule has 0 unspecified atom stereocenters. The van der Waals surface area contributed by atoms with Crippen LogP contribution in [0, 0.1) is 5.82 Å². The third kappa shape index (κ3) is 7.69. The van der Waals surface area contributed by atoms with Crippen LogP contribution in [-0.2, 0) is 17.9 Å². The van der Waals surface area contributed by atoms with Gasteiger partial charge in [0.25, 0.3) is 5.91 Å². The molecular weight excluding hydrogens is 508 g/mol. The molecule has 0 saturated heterocycles. The van der Waals surface area contributed by atoms with Gasteiger partial charge >= 0.3 is 12.1 Å². The zero-order valence-electron chi connectivity index (χ0n) is 20.5. The fraction of sp³-hybridized carbons (Fsp3) is 0.259. The van der Waals surface area contributed by atoms with Crippen LogP contribution < -0.4 is 19.9 Å². The molecule has 3 aromatic carbocycles. The Labute approximate surface area is 216 Å². The average molecular weight is 535 g/mol. The van der Waals surface area contributed by atoms with Crippen molar-refractivity contribution in [1.29, 1.82) is 0 Å². The molecule has 0 bridgehead atoms. The molecule has 11 heteroatoms. The molecular formula is C27H26F4N2O5. The Morgan fingerprint density at radius 2 is 1.61 bits per heavy atom. The second-order valence-electron chi connectivity index (χ2n) is 8.15. The van der Waals surface area contributed by atoms with Gasteiger partial charge in [-0.15, -0.1) is 0 Å². The van der Waals surface area contributed by atoms with E-state index < -0.39 is 23.8 Å². The summed E-state index contributed by atoms with van der Waals surface area (Å²) in [4.78, 5) is 26.1. The summed E-state index contributed by atoms with van der Waals surface area (Å²) in [5.74, 6) is -3.11. The van der Waals surface area contributed by atoms with E-state index in [1.807, 2.05) is 0 Å². The number of carbonyl (C=O) groups is 2. The summed E-state index contributed by atoms with van der Waals surface area (Å²) in [6, 6.07) is 16.1. The van der Waals surface area contributed by atoms with Gasteiger partial charge in [-0.2, -0.15) is 13.2 Å². The zero-order chi connectivity index (χ0) is 27.7. The van der Waals surface area contributed by atoms with Gasteiger partial charge in [-0.1, -0.05) is 30.3 Å². The van der Waals surface area contributed by atoms with E-state index in [2.05, 4.69) is 4.74 Å². The molecule has 3 rings (SSSR count). The van der Waals surface area contributed by atoms with Gasteiger partial charge in [-0.25, -0.2) is 9.18 Å². The monoisotopic (exact) mass is 534 g/mol. The predicted octanol–water partition coefficient (Wildman–Crippen LogP) is 4.87. The summed E-state index contributed by atoms with van der Waals surface area (Å²) in [7, 11) is 1.45. The highest BCUT2D eigenvalue weighted by molar-refractivity contribution is 5.97. The van der Waals surface area contributed by atoms with Gasteiger partial charge in [0.15, 0.2) is 11.5 Å². The first kappa shape index (κ1) is 28.5. The second kappa shape index (κ2) is 12.9. The highest BCUT2D eigenvalue weighted by Crippen LogP contribution is 2.30. The first-order chi connectivity index (χ1) is 18.1. The van der Waals surface area contributed by atoms with E-state index in [-0.39, 0.29) is 37.6 Å². The van der Waals surface area contributed by atoms with Crippen molar-refractivity contribution >= 4 is 11.9 Å². The lowest BCUT2D eigenvalue weighted by molar-refractivity contribution is -0.189. The minimum atomic E-state index is -5.22. The molecule has 0 atom stereocenters. The number of ether oxygens (including phenoxy) is 3. The van der Waals surface area contributed by atoms with Gasteiger partial charge in [0, 0.05) is 13.1 Å². The van der Waals surface area contributed by atoms with Gasteiger partial charge in [0.2, 0.25) is 0 Å². The summed E-state index contributed by atoms with van der Waals surface area (Å²) in [6.45, 7) is 0.704. The Bertz CT molecular complexity index is 1250. The quantitative estimate of drug-likeness (QED) is 0.214. The summed E-state index contributed by atoms with van der Waals surface area (Å²) >= 11 is 0. The van der Waals surface area contributed by atoms with Crippen LogP contribution in [0.4, 0.5) is 17.6 Å². The Hall–Kier alpha value is -4.12. The van der Waals surface area contributed by atoms with Crippen LogP contribution in [0.1, 0.15) is 27.9 Å². The number of halogens is 4. The van der Waals surface area contributed by atoms with Gasteiger partial charge < -0.3 is 24.8 Å². The van der Waals surface area contributed by atoms with E-state index in [1.165, 1.54) is 42.3 Å². The topological polar surface area (TPSA) is 91.1 Å². The lowest BCUT2D eigenvalue weighted by Crippen LogP contribution is -2.34. The molecule has 0 fully saturated rings. The molecule has 3 aromatic rings. The molecule has 2 N–H and O–H groups in total. The Kier molecular flexibility index (Phi) is 9.66. The summed E-state index contributed by atoms with van der Waals surface area (Å²) in [5.41, 5.74) is 6.81. The lowest BCUT2D eigenvalue weighted by Gasteiger charge is -2.24. The third-order valence-electron chi connectivity index (χ3n) is 5.38. The number of nitrogens with two attached hydrogens (primary N) is 1. The van der Waals surface area contributed by atoms with Crippen LogP contribution in [0.25, 0.3) is 0 Å². The highest BCUT2D eigenvalue weighted by atomic mass is 19.4. The maximum absolute atomic E-state index is 13.3. The summed E-state index contributed by atoms with van der Waals surface area (Å²) in [5, 5.41) is 0. The fourth-order valence-corrected chi connectivity index (χ4v) is 3.49. The highest BCUT2D eigenvalue weighted by Gasteiger charge is 2.42. The number of hydrogen-bond donors (Lipinski definition) is 1. The standard InChI is InChI=1S/C27H26F4N2O5/c1-36-24-15-19(9-12-23(24)37-17-18-7-10-20(28)11-8-18)16-33(14-4-13-32)25(34)21-5-2-3-6-22(21)38-26(35)27(29,30)31/h2-3,5-12,15H,4,13-14,16-17,32H2,1H3. The molecule has 0 aliphatic heterocycles. The molecule has 38 heavy (non-hydrogen) atoms. The van der Waals surface area contributed by atoms with Crippen LogP contribution in [-0.4, -0.2) is 43.2 Å². The fourth-order valence-electron chi connectivity index (χ4n) is 3.49. The van der Waals surface area contributed by atoms with Crippen molar-refractivity contribution < 1.29 is 41.4 Å². The largest absolute Gasteiger partial charge is 0.493 e. The van der Waals surface area contributed by atoms with Gasteiger partial charge in [-0.05, 0) is 60.5 Å². The number of amides is 1. The zero-order valence-corrected chi connectivity index (χ0v) is 20.5. The van der Waals surface area contributed by atoms with Crippen LogP contribution in [0.5, 0.6) is 17.2 Å². The normalized spacial score (nSPS) is 11.1. The third-order valence-corrected chi connectivity index (χ3v) is 5.38. The van der Waals surface area contributed by atoms with Gasteiger partial charge in [0.05, 0.1) is 12.7 Å². The number of nitrogens with zero attached hydrogens (tertiary/aromatic N) is 1. The molecule has 7 nitrogen and oxygen atoms in total. The maximum atomic E-state index is 13.3. The summed E-state index contributed by atoms with van der Waals surface area (Å²) < 4.78 is 67.0. The van der Waals surface area contributed by atoms with Crippen molar-refractivity contribution in [3.63, 3.8) is 0 Å². The van der Waals surface area contributed by atoms with E-state index in [4.69, 9.17) is 15.2 Å².